The summed E-state index contributed by atoms with van der Waals surface area (Å²) >= 11 is 0. The Kier molecular flexibility index (Phi) is 7.39. The van der Waals surface area contributed by atoms with Gasteiger partial charge in [-0.2, -0.15) is 0 Å². The minimum atomic E-state index is 0.664. The van der Waals surface area contributed by atoms with Gasteiger partial charge in [0.05, 0.1) is 13.2 Å². The summed E-state index contributed by atoms with van der Waals surface area (Å²) < 4.78 is 0. The molecule has 12 heavy (non-hydrogen) atoms. The number of hydrazine groups is 1. The Morgan fingerprint density at radius 3 is 1.25 bits per heavy atom. The summed E-state index contributed by atoms with van der Waals surface area (Å²) in [6.07, 6.45) is 0. The van der Waals surface area contributed by atoms with Gasteiger partial charge >= 0.3 is 0 Å². The van der Waals surface area contributed by atoms with E-state index in [0.717, 1.165) is 13.1 Å². The van der Waals surface area contributed by atoms with Crippen LogP contribution >= 0.6 is 0 Å². The summed E-state index contributed by atoms with van der Waals surface area (Å²) in [6.45, 7) is 10.9. The molecule has 0 N–H and O–H groups in total. The van der Waals surface area contributed by atoms with Gasteiger partial charge in [-0.3, -0.25) is 9.68 Å². The van der Waals surface area contributed by atoms with Crippen LogP contribution in [0.3, 0.4) is 0 Å². The highest BCUT2D eigenvalue weighted by Crippen LogP contribution is 1.99. The molecule has 0 unspecified atom stereocenters. The summed E-state index contributed by atoms with van der Waals surface area (Å²) in [6, 6.07) is 0. The Morgan fingerprint density at radius 1 is 0.750 bits per heavy atom. The van der Waals surface area contributed by atoms with Crippen molar-refractivity contribution in [3.63, 3.8) is 0 Å². The molecule has 4 heteroatoms. The first-order valence-electron chi connectivity index (χ1n) is 4.60. The van der Waals surface area contributed by atoms with Crippen LogP contribution in [-0.2, 0) is 9.68 Å². The van der Waals surface area contributed by atoms with Crippen molar-refractivity contribution in [3.05, 3.63) is 0 Å². The van der Waals surface area contributed by atoms with Crippen LogP contribution < -0.4 is 0 Å². The molecule has 0 aliphatic carbocycles. The van der Waals surface area contributed by atoms with E-state index in [9.17, 15) is 0 Å². The van der Waals surface area contributed by atoms with E-state index in [1.54, 1.807) is 10.3 Å². The fraction of sp³-hybridized carbons (Fsp3) is 1.00. The first-order chi connectivity index (χ1) is 5.79. The molecule has 0 aliphatic heterocycles. The molecule has 0 bridgehead atoms. The molecule has 0 aromatic rings. The van der Waals surface area contributed by atoms with Gasteiger partial charge in [0.1, 0.15) is 0 Å². The fourth-order valence-electron chi connectivity index (χ4n) is 0.925. The van der Waals surface area contributed by atoms with Gasteiger partial charge in [-0.15, -0.1) is 0 Å². The molecule has 74 valence electrons. The quantitative estimate of drug-likeness (QED) is 0.548. The average molecular weight is 176 g/mol. The highest BCUT2D eigenvalue weighted by molar-refractivity contribution is 4.31. The van der Waals surface area contributed by atoms with Crippen LogP contribution in [0, 0.1) is 0 Å². The smallest absolute Gasteiger partial charge is 0.0674 e. The Morgan fingerprint density at radius 2 is 1.08 bits per heavy atom. The molecular weight excluding hydrogens is 156 g/mol. The van der Waals surface area contributed by atoms with E-state index in [4.69, 9.17) is 9.68 Å². The predicted octanol–water partition coefficient (Wildman–Crippen LogP) is 1.45. The van der Waals surface area contributed by atoms with Gasteiger partial charge < -0.3 is 0 Å². The van der Waals surface area contributed by atoms with Crippen molar-refractivity contribution >= 4 is 0 Å². The maximum absolute atomic E-state index is 5.33. The molecule has 0 aliphatic rings. The third kappa shape index (κ3) is 4.01. The minimum absolute atomic E-state index is 0.664. The van der Waals surface area contributed by atoms with Gasteiger partial charge in [0.2, 0.25) is 0 Å². The molecule has 0 atom stereocenters. The van der Waals surface area contributed by atoms with E-state index in [2.05, 4.69) is 0 Å². The Bertz CT molecular complexity index is 89.1. The zero-order valence-electron chi connectivity index (χ0n) is 8.54. The molecule has 0 radical (unpaired) electrons. The summed E-state index contributed by atoms with van der Waals surface area (Å²) in [5.74, 6) is 0. The second-order valence-corrected chi connectivity index (χ2v) is 2.17. The number of nitrogens with zero attached hydrogens (tertiary/aromatic N) is 2. The molecule has 0 saturated heterocycles. The predicted molar refractivity (Wildman–Crippen MR) is 48.0 cm³/mol. The minimum Gasteiger partial charge on any atom is -0.282 e. The summed E-state index contributed by atoms with van der Waals surface area (Å²) in [7, 11) is 0. The molecule has 4 nitrogen and oxygen atoms in total. The van der Waals surface area contributed by atoms with Gasteiger partial charge in [0.15, 0.2) is 0 Å². The third-order valence-corrected chi connectivity index (χ3v) is 1.35. The lowest BCUT2D eigenvalue weighted by atomic mass is 10.7. The van der Waals surface area contributed by atoms with E-state index in [0.29, 0.717) is 13.2 Å². The lowest BCUT2D eigenvalue weighted by Crippen LogP contribution is -2.42. The van der Waals surface area contributed by atoms with E-state index in [-0.39, 0.29) is 0 Å². The lowest BCUT2D eigenvalue weighted by Gasteiger charge is -2.30. The van der Waals surface area contributed by atoms with Crippen molar-refractivity contribution in [2.75, 3.05) is 26.3 Å². The zero-order valence-corrected chi connectivity index (χ0v) is 8.54. The van der Waals surface area contributed by atoms with Crippen LogP contribution in [0.1, 0.15) is 27.7 Å². The second-order valence-electron chi connectivity index (χ2n) is 2.17. The summed E-state index contributed by atoms with van der Waals surface area (Å²) in [5, 5.41) is 3.45. The third-order valence-electron chi connectivity index (χ3n) is 1.35. The molecule has 0 aromatic heterocycles. The molecule has 0 aromatic carbocycles. The van der Waals surface area contributed by atoms with Crippen LogP contribution in [0.25, 0.3) is 0 Å². The molecule has 0 heterocycles. The topological polar surface area (TPSA) is 24.9 Å². The van der Waals surface area contributed by atoms with Crippen LogP contribution in [0.5, 0.6) is 0 Å². The summed E-state index contributed by atoms with van der Waals surface area (Å²) in [5.41, 5.74) is 0. The monoisotopic (exact) mass is 176 g/mol. The normalized spacial score (nSPS) is 11.5. The van der Waals surface area contributed by atoms with E-state index >= 15 is 0 Å². The number of rotatable bonds is 7. The van der Waals surface area contributed by atoms with Gasteiger partial charge in [-0.05, 0) is 27.7 Å². The average Bonchev–Trinajstić information content (AvgIpc) is 2.11. The Labute approximate surface area is 74.9 Å². The number of hydrogen-bond acceptors (Lipinski definition) is 4. The van der Waals surface area contributed by atoms with Crippen molar-refractivity contribution in [3.8, 4) is 0 Å². The van der Waals surface area contributed by atoms with Crippen LogP contribution in [0.15, 0.2) is 0 Å². The second kappa shape index (κ2) is 7.49. The van der Waals surface area contributed by atoms with Crippen LogP contribution in [0.2, 0.25) is 0 Å². The SMILES string of the molecule is CCON(CC)N(CC)OCC. The maximum atomic E-state index is 5.33. The zero-order chi connectivity index (χ0) is 9.40. The summed E-state index contributed by atoms with van der Waals surface area (Å²) in [4.78, 5) is 10.7. The van der Waals surface area contributed by atoms with Crippen LogP contribution in [0.4, 0.5) is 0 Å². The van der Waals surface area contributed by atoms with Gasteiger partial charge in [-0.1, -0.05) is 10.3 Å². The Balaban J connectivity index is 3.84. The largest absolute Gasteiger partial charge is 0.282 e. The highest BCUT2D eigenvalue weighted by Gasteiger charge is 2.11. The Hall–Kier alpha value is -0.160. The lowest BCUT2D eigenvalue weighted by molar-refractivity contribution is -0.400. The van der Waals surface area contributed by atoms with Crippen molar-refractivity contribution in [1.82, 2.24) is 10.3 Å². The van der Waals surface area contributed by atoms with E-state index < -0.39 is 0 Å². The molecule has 0 spiro atoms. The maximum Gasteiger partial charge on any atom is 0.0674 e. The molecule has 0 saturated carbocycles. The number of hydroxylamine groups is 2. The first-order valence-corrected chi connectivity index (χ1v) is 4.60. The van der Waals surface area contributed by atoms with E-state index in [1.807, 2.05) is 27.7 Å². The van der Waals surface area contributed by atoms with Gasteiger partial charge in [0.25, 0.3) is 0 Å². The molecule has 0 amide bonds. The molecule has 0 rings (SSSR count). The van der Waals surface area contributed by atoms with Crippen LogP contribution in [-0.4, -0.2) is 36.6 Å². The van der Waals surface area contributed by atoms with Crippen molar-refractivity contribution in [2.24, 2.45) is 0 Å². The standard InChI is InChI=1S/C8H20N2O2/c1-5-9(11-7-3)10(6-2)12-8-4/h5-8H2,1-4H3. The number of hydrogen-bond donors (Lipinski definition) is 0. The van der Waals surface area contributed by atoms with Crippen molar-refractivity contribution < 1.29 is 9.68 Å². The van der Waals surface area contributed by atoms with E-state index in [1.165, 1.54) is 0 Å². The van der Waals surface area contributed by atoms with Crippen molar-refractivity contribution in [1.29, 1.82) is 0 Å². The van der Waals surface area contributed by atoms with Gasteiger partial charge in [-0.25, -0.2) is 0 Å². The fourth-order valence-corrected chi connectivity index (χ4v) is 0.925. The first kappa shape index (κ1) is 11.8. The molecule has 0 fully saturated rings. The van der Waals surface area contributed by atoms with Crippen molar-refractivity contribution in [2.45, 2.75) is 27.7 Å². The van der Waals surface area contributed by atoms with Gasteiger partial charge in [0, 0.05) is 13.1 Å². The molecular formula is C8H20N2O2. The highest BCUT2D eigenvalue weighted by atomic mass is 16.8.